The van der Waals surface area contributed by atoms with Gasteiger partial charge in [0.05, 0.1) is 12.2 Å². The number of hydrogen-bond acceptors (Lipinski definition) is 7. The molecule has 0 saturated carbocycles. The Kier molecular flexibility index (Phi) is 3.72. The van der Waals surface area contributed by atoms with Gasteiger partial charge in [-0.25, -0.2) is 15.8 Å². The first kappa shape index (κ1) is 11.9. The van der Waals surface area contributed by atoms with Crippen LogP contribution in [0.25, 0.3) is 0 Å². The third kappa shape index (κ3) is 2.95. The van der Waals surface area contributed by atoms with Crippen molar-refractivity contribution in [3.8, 4) is 0 Å². The van der Waals surface area contributed by atoms with Gasteiger partial charge in [0.25, 0.3) is 5.91 Å². The van der Waals surface area contributed by atoms with E-state index in [1.165, 1.54) is 12.4 Å². The largest absolute Gasteiger partial charge is 0.345 e. The Morgan fingerprint density at radius 2 is 2.17 bits per heavy atom. The van der Waals surface area contributed by atoms with Crippen molar-refractivity contribution in [1.29, 1.82) is 0 Å². The summed E-state index contributed by atoms with van der Waals surface area (Å²) in [6, 6.07) is 4.80. The summed E-state index contributed by atoms with van der Waals surface area (Å²) in [7, 11) is 0. The Hall–Kier alpha value is -2.61. The Balaban J connectivity index is 1.95. The van der Waals surface area contributed by atoms with E-state index in [2.05, 4.69) is 30.9 Å². The first-order chi connectivity index (χ1) is 8.79. The zero-order valence-corrected chi connectivity index (χ0v) is 9.37. The summed E-state index contributed by atoms with van der Waals surface area (Å²) in [6.07, 6.45) is 3.03. The molecule has 0 radical (unpaired) electrons. The standard InChI is InChI=1S/C10H11N7O/c11-15-9-2-1-8(16-17-9)10(18)13-5-7-3-4-12-6-14-7/h1-4,6H,5,11H2,(H,13,18)(H,15,17). The molecule has 18 heavy (non-hydrogen) atoms. The van der Waals surface area contributed by atoms with Crippen molar-refractivity contribution in [2.45, 2.75) is 6.54 Å². The van der Waals surface area contributed by atoms with Gasteiger partial charge in [0.15, 0.2) is 11.5 Å². The lowest BCUT2D eigenvalue weighted by Gasteiger charge is -2.03. The van der Waals surface area contributed by atoms with Crippen LogP contribution in [-0.4, -0.2) is 26.1 Å². The Morgan fingerprint density at radius 3 is 2.78 bits per heavy atom. The van der Waals surface area contributed by atoms with Gasteiger partial charge in [-0.15, -0.1) is 10.2 Å². The molecular formula is C10H11N7O. The third-order valence-electron chi connectivity index (χ3n) is 2.12. The fourth-order valence-electron chi connectivity index (χ4n) is 1.21. The number of amides is 1. The Bertz CT molecular complexity index is 514. The first-order valence-electron chi connectivity index (χ1n) is 5.13. The molecular weight excluding hydrogens is 234 g/mol. The molecule has 0 bridgehead atoms. The second-order valence-corrected chi connectivity index (χ2v) is 3.33. The molecule has 0 atom stereocenters. The van der Waals surface area contributed by atoms with E-state index in [-0.39, 0.29) is 11.6 Å². The van der Waals surface area contributed by atoms with Crippen molar-refractivity contribution < 1.29 is 4.79 Å². The molecule has 0 spiro atoms. The molecule has 0 aliphatic heterocycles. The molecule has 1 amide bonds. The summed E-state index contributed by atoms with van der Waals surface area (Å²) >= 11 is 0. The predicted molar refractivity (Wildman–Crippen MR) is 63.0 cm³/mol. The third-order valence-corrected chi connectivity index (χ3v) is 2.12. The van der Waals surface area contributed by atoms with Crippen LogP contribution in [0.3, 0.4) is 0 Å². The smallest absolute Gasteiger partial charge is 0.272 e. The van der Waals surface area contributed by atoms with E-state index in [4.69, 9.17) is 5.84 Å². The van der Waals surface area contributed by atoms with Gasteiger partial charge < -0.3 is 10.7 Å². The average molecular weight is 245 g/mol. The summed E-state index contributed by atoms with van der Waals surface area (Å²) in [5.41, 5.74) is 3.25. The van der Waals surface area contributed by atoms with Gasteiger partial charge in [0, 0.05) is 6.20 Å². The van der Waals surface area contributed by atoms with Gasteiger partial charge >= 0.3 is 0 Å². The van der Waals surface area contributed by atoms with Gasteiger partial charge in [-0.3, -0.25) is 4.79 Å². The number of aromatic nitrogens is 4. The van der Waals surface area contributed by atoms with Crippen LogP contribution in [0.15, 0.2) is 30.7 Å². The minimum absolute atomic E-state index is 0.211. The van der Waals surface area contributed by atoms with Gasteiger partial charge in [-0.2, -0.15) is 0 Å². The highest BCUT2D eigenvalue weighted by Gasteiger charge is 2.07. The van der Waals surface area contributed by atoms with E-state index >= 15 is 0 Å². The van der Waals surface area contributed by atoms with Crippen LogP contribution in [0.5, 0.6) is 0 Å². The number of hydrogen-bond donors (Lipinski definition) is 3. The Labute approximate surface area is 103 Å². The normalized spacial score (nSPS) is 9.83. The van der Waals surface area contributed by atoms with Crippen molar-refractivity contribution in [3.63, 3.8) is 0 Å². The summed E-state index contributed by atoms with van der Waals surface area (Å²) in [6.45, 7) is 0.305. The quantitative estimate of drug-likeness (QED) is 0.490. The second kappa shape index (κ2) is 5.64. The predicted octanol–water partition coefficient (Wildman–Crippen LogP) is -0.518. The van der Waals surface area contributed by atoms with E-state index < -0.39 is 0 Å². The van der Waals surface area contributed by atoms with Crippen molar-refractivity contribution >= 4 is 11.7 Å². The minimum atomic E-state index is -0.329. The number of carbonyl (C=O) groups excluding carboxylic acids is 1. The zero-order chi connectivity index (χ0) is 12.8. The number of nitrogen functional groups attached to an aromatic ring is 1. The number of rotatable bonds is 4. The molecule has 2 rings (SSSR count). The number of nitrogens with one attached hydrogen (secondary N) is 2. The molecule has 0 saturated heterocycles. The maximum Gasteiger partial charge on any atom is 0.272 e. The number of nitrogens with zero attached hydrogens (tertiary/aromatic N) is 4. The van der Waals surface area contributed by atoms with Gasteiger partial charge in [-0.05, 0) is 18.2 Å². The van der Waals surface area contributed by atoms with E-state index in [1.54, 1.807) is 18.3 Å². The summed E-state index contributed by atoms with van der Waals surface area (Å²) in [4.78, 5) is 19.5. The van der Waals surface area contributed by atoms with Crippen LogP contribution in [0.2, 0.25) is 0 Å². The van der Waals surface area contributed by atoms with Gasteiger partial charge in [-0.1, -0.05) is 0 Å². The van der Waals surface area contributed by atoms with Crippen LogP contribution in [0.4, 0.5) is 5.82 Å². The van der Waals surface area contributed by atoms with Crippen LogP contribution in [0.1, 0.15) is 16.2 Å². The maximum atomic E-state index is 11.7. The van der Waals surface area contributed by atoms with E-state index in [0.717, 1.165) is 0 Å². The highest BCUT2D eigenvalue weighted by atomic mass is 16.1. The molecule has 0 aliphatic carbocycles. The molecule has 0 aliphatic rings. The zero-order valence-electron chi connectivity index (χ0n) is 9.37. The second-order valence-electron chi connectivity index (χ2n) is 3.33. The minimum Gasteiger partial charge on any atom is -0.345 e. The van der Waals surface area contributed by atoms with E-state index in [0.29, 0.717) is 18.1 Å². The maximum absolute atomic E-state index is 11.7. The molecule has 0 aromatic carbocycles. The molecule has 8 nitrogen and oxygen atoms in total. The van der Waals surface area contributed by atoms with E-state index in [1.807, 2.05) is 0 Å². The fraction of sp³-hybridized carbons (Fsp3) is 0.100. The molecule has 2 aromatic heterocycles. The fourth-order valence-corrected chi connectivity index (χ4v) is 1.21. The Morgan fingerprint density at radius 1 is 1.28 bits per heavy atom. The molecule has 2 heterocycles. The van der Waals surface area contributed by atoms with Crippen molar-refractivity contribution in [3.05, 3.63) is 42.1 Å². The van der Waals surface area contributed by atoms with Gasteiger partial charge in [0.2, 0.25) is 0 Å². The van der Waals surface area contributed by atoms with Crippen molar-refractivity contribution in [2.75, 3.05) is 5.43 Å². The topological polar surface area (TPSA) is 119 Å². The van der Waals surface area contributed by atoms with Crippen molar-refractivity contribution in [2.24, 2.45) is 5.84 Å². The summed E-state index contributed by atoms with van der Waals surface area (Å²) in [5.74, 6) is 5.21. The van der Waals surface area contributed by atoms with Crippen LogP contribution >= 0.6 is 0 Å². The summed E-state index contributed by atoms with van der Waals surface area (Å²) < 4.78 is 0. The van der Waals surface area contributed by atoms with E-state index in [9.17, 15) is 4.79 Å². The molecule has 8 heteroatoms. The monoisotopic (exact) mass is 245 g/mol. The lowest BCUT2D eigenvalue weighted by atomic mass is 10.3. The van der Waals surface area contributed by atoms with Crippen LogP contribution in [-0.2, 0) is 6.54 Å². The highest BCUT2D eigenvalue weighted by molar-refractivity contribution is 5.92. The molecule has 0 unspecified atom stereocenters. The van der Waals surface area contributed by atoms with Crippen LogP contribution < -0.4 is 16.6 Å². The lowest BCUT2D eigenvalue weighted by molar-refractivity contribution is 0.0944. The lowest BCUT2D eigenvalue weighted by Crippen LogP contribution is -2.24. The molecule has 92 valence electrons. The first-order valence-corrected chi connectivity index (χ1v) is 5.13. The SMILES string of the molecule is NNc1ccc(C(=O)NCc2ccncn2)nn1. The number of carbonyl (C=O) groups is 1. The molecule has 0 fully saturated rings. The summed E-state index contributed by atoms with van der Waals surface area (Å²) in [5, 5.41) is 10.1. The number of anilines is 1. The molecule has 2 aromatic rings. The van der Waals surface area contributed by atoms with Crippen LogP contribution in [0, 0.1) is 0 Å². The van der Waals surface area contributed by atoms with Gasteiger partial charge in [0.1, 0.15) is 6.33 Å². The van der Waals surface area contributed by atoms with Crippen molar-refractivity contribution in [1.82, 2.24) is 25.5 Å². The highest BCUT2D eigenvalue weighted by Crippen LogP contribution is 2.00. The number of hydrazine groups is 1. The number of nitrogens with two attached hydrogens (primary N) is 1. The average Bonchev–Trinajstić information content (AvgIpc) is 2.46. The molecule has 4 N–H and O–H groups in total.